The smallest absolute Gasteiger partial charge is 0.0439 e. The highest BCUT2D eigenvalue weighted by Gasteiger charge is 2.10. The zero-order valence-corrected chi connectivity index (χ0v) is 11.5. The summed E-state index contributed by atoms with van der Waals surface area (Å²) in [4.78, 5) is 4.15. The Hall–Kier alpha value is -1.09. The standard InChI is InChI=1S/C14H14Cl2N2/c1-9-4-11(8-18-7-9)14(17)6-10-5-12(15)2-3-13(10)16/h2-5,7-8,14H,6,17H2,1H3. The van der Waals surface area contributed by atoms with Gasteiger partial charge in [0.2, 0.25) is 0 Å². The third-order valence-electron chi connectivity index (χ3n) is 2.77. The van der Waals surface area contributed by atoms with Crippen LogP contribution in [0.15, 0.2) is 36.7 Å². The maximum absolute atomic E-state index is 6.17. The summed E-state index contributed by atoms with van der Waals surface area (Å²) in [7, 11) is 0. The third-order valence-corrected chi connectivity index (χ3v) is 3.38. The summed E-state index contributed by atoms with van der Waals surface area (Å²) in [5.74, 6) is 0. The summed E-state index contributed by atoms with van der Waals surface area (Å²) in [6.07, 6.45) is 4.24. The lowest BCUT2D eigenvalue weighted by atomic mass is 10.0. The molecule has 0 fully saturated rings. The maximum Gasteiger partial charge on any atom is 0.0439 e. The summed E-state index contributed by atoms with van der Waals surface area (Å²) in [6, 6.07) is 7.32. The van der Waals surface area contributed by atoms with Crippen LogP contribution in [0, 0.1) is 6.92 Å². The Morgan fingerprint density at radius 3 is 2.72 bits per heavy atom. The first kappa shape index (κ1) is 13.3. The van der Waals surface area contributed by atoms with Gasteiger partial charge in [0.1, 0.15) is 0 Å². The molecule has 1 unspecified atom stereocenters. The van der Waals surface area contributed by atoms with Crippen LogP contribution in [0.25, 0.3) is 0 Å². The fourth-order valence-corrected chi connectivity index (χ4v) is 2.23. The molecule has 0 saturated heterocycles. The van der Waals surface area contributed by atoms with Crippen LogP contribution in [0.2, 0.25) is 10.0 Å². The predicted molar refractivity (Wildman–Crippen MR) is 76.1 cm³/mol. The Labute approximate surface area is 117 Å². The number of aromatic nitrogens is 1. The minimum atomic E-state index is -0.131. The number of aryl methyl sites for hydroxylation is 1. The van der Waals surface area contributed by atoms with Crippen molar-refractivity contribution in [3.05, 3.63) is 63.4 Å². The van der Waals surface area contributed by atoms with Gasteiger partial charge in [0.25, 0.3) is 0 Å². The van der Waals surface area contributed by atoms with Gasteiger partial charge in [0.15, 0.2) is 0 Å². The second kappa shape index (κ2) is 5.70. The van der Waals surface area contributed by atoms with E-state index in [0.717, 1.165) is 16.7 Å². The van der Waals surface area contributed by atoms with E-state index in [0.29, 0.717) is 16.5 Å². The third kappa shape index (κ3) is 3.22. The van der Waals surface area contributed by atoms with Gasteiger partial charge < -0.3 is 5.73 Å². The van der Waals surface area contributed by atoms with Gasteiger partial charge in [-0.05, 0) is 48.2 Å². The summed E-state index contributed by atoms with van der Waals surface area (Å²) < 4.78 is 0. The first-order valence-electron chi connectivity index (χ1n) is 5.67. The summed E-state index contributed by atoms with van der Waals surface area (Å²) in [5, 5.41) is 1.36. The Morgan fingerprint density at radius 1 is 1.22 bits per heavy atom. The van der Waals surface area contributed by atoms with E-state index in [9.17, 15) is 0 Å². The average molecular weight is 281 g/mol. The summed E-state index contributed by atoms with van der Waals surface area (Å²) >= 11 is 12.1. The Bertz CT molecular complexity index is 555. The van der Waals surface area contributed by atoms with Crippen molar-refractivity contribution in [1.82, 2.24) is 4.98 Å². The molecule has 18 heavy (non-hydrogen) atoms. The first-order chi connectivity index (χ1) is 8.56. The molecule has 0 aliphatic heterocycles. The number of hydrogen-bond donors (Lipinski definition) is 1. The number of rotatable bonds is 3. The van der Waals surface area contributed by atoms with Crippen LogP contribution in [0.4, 0.5) is 0 Å². The Kier molecular flexibility index (Phi) is 4.23. The van der Waals surface area contributed by atoms with Gasteiger partial charge in [-0.1, -0.05) is 29.3 Å². The molecule has 0 bridgehead atoms. The highest BCUT2D eigenvalue weighted by molar-refractivity contribution is 6.33. The van der Waals surface area contributed by atoms with Gasteiger partial charge >= 0.3 is 0 Å². The molecule has 0 saturated carbocycles. The van der Waals surface area contributed by atoms with E-state index in [1.54, 1.807) is 18.3 Å². The molecular weight excluding hydrogens is 267 g/mol. The SMILES string of the molecule is Cc1cncc(C(N)Cc2cc(Cl)ccc2Cl)c1. The van der Waals surface area contributed by atoms with Gasteiger partial charge in [-0.3, -0.25) is 4.98 Å². The van der Waals surface area contributed by atoms with Crippen molar-refractivity contribution in [1.29, 1.82) is 0 Å². The van der Waals surface area contributed by atoms with Crippen LogP contribution in [-0.2, 0) is 6.42 Å². The monoisotopic (exact) mass is 280 g/mol. The molecule has 2 aromatic rings. The molecule has 1 heterocycles. The largest absolute Gasteiger partial charge is 0.324 e. The normalized spacial score (nSPS) is 12.4. The molecule has 0 radical (unpaired) electrons. The molecule has 94 valence electrons. The number of halogens is 2. The maximum atomic E-state index is 6.17. The van der Waals surface area contributed by atoms with E-state index in [4.69, 9.17) is 28.9 Å². The van der Waals surface area contributed by atoms with Crippen molar-refractivity contribution in [3.63, 3.8) is 0 Å². The van der Waals surface area contributed by atoms with Crippen molar-refractivity contribution in [3.8, 4) is 0 Å². The summed E-state index contributed by atoms with van der Waals surface area (Å²) in [5.41, 5.74) is 9.23. The van der Waals surface area contributed by atoms with Gasteiger partial charge in [0.05, 0.1) is 0 Å². The lowest BCUT2D eigenvalue weighted by molar-refractivity contribution is 0.717. The molecule has 2 rings (SSSR count). The number of nitrogens with two attached hydrogens (primary N) is 1. The zero-order chi connectivity index (χ0) is 13.1. The summed E-state index contributed by atoms with van der Waals surface area (Å²) in [6.45, 7) is 2.00. The quantitative estimate of drug-likeness (QED) is 0.925. The second-order valence-electron chi connectivity index (χ2n) is 4.34. The van der Waals surface area contributed by atoms with E-state index < -0.39 is 0 Å². The molecule has 0 aliphatic carbocycles. The molecule has 0 amide bonds. The van der Waals surface area contributed by atoms with Crippen LogP contribution in [0.5, 0.6) is 0 Å². The number of hydrogen-bond acceptors (Lipinski definition) is 2. The van der Waals surface area contributed by atoms with Crippen molar-refractivity contribution in [2.24, 2.45) is 5.73 Å². The van der Waals surface area contributed by atoms with Crippen molar-refractivity contribution in [2.75, 3.05) is 0 Å². The molecule has 1 aromatic heterocycles. The zero-order valence-electron chi connectivity index (χ0n) is 10.0. The Morgan fingerprint density at radius 2 is 2.00 bits per heavy atom. The molecule has 1 aromatic carbocycles. The predicted octanol–water partition coefficient (Wildman–Crippen LogP) is 3.94. The van der Waals surface area contributed by atoms with E-state index in [1.165, 1.54) is 0 Å². The molecule has 2 nitrogen and oxygen atoms in total. The fraction of sp³-hybridized carbons (Fsp3) is 0.214. The second-order valence-corrected chi connectivity index (χ2v) is 5.19. The van der Waals surface area contributed by atoms with Crippen LogP contribution >= 0.6 is 23.2 Å². The van der Waals surface area contributed by atoms with Crippen molar-refractivity contribution in [2.45, 2.75) is 19.4 Å². The average Bonchev–Trinajstić information content (AvgIpc) is 2.34. The van der Waals surface area contributed by atoms with E-state index >= 15 is 0 Å². The number of pyridine rings is 1. The number of nitrogens with zero attached hydrogens (tertiary/aromatic N) is 1. The molecule has 4 heteroatoms. The van der Waals surface area contributed by atoms with Gasteiger partial charge in [-0.2, -0.15) is 0 Å². The molecular formula is C14H14Cl2N2. The minimum Gasteiger partial charge on any atom is -0.324 e. The van der Waals surface area contributed by atoms with E-state index in [1.807, 2.05) is 25.3 Å². The lowest BCUT2D eigenvalue weighted by Gasteiger charge is -2.13. The lowest BCUT2D eigenvalue weighted by Crippen LogP contribution is -2.14. The van der Waals surface area contributed by atoms with Crippen molar-refractivity contribution >= 4 is 23.2 Å². The molecule has 0 aliphatic rings. The van der Waals surface area contributed by atoms with Crippen LogP contribution in [0.1, 0.15) is 22.7 Å². The number of benzene rings is 1. The topological polar surface area (TPSA) is 38.9 Å². The highest BCUT2D eigenvalue weighted by Crippen LogP contribution is 2.25. The minimum absolute atomic E-state index is 0.131. The van der Waals surface area contributed by atoms with Crippen LogP contribution in [0.3, 0.4) is 0 Å². The fourth-order valence-electron chi connectivity index (χ4n) is 1.84. The van der Waals surface area contributed by atoms with Gasteiger partial charge in [0, 0.05) is 28.5 Å². The van der Waals surface area contributed by atoms with E-state index in [-0.39, 0.29) is 6.04 Å². The Balaban J connectivity index is 2.21. The van der Waals surface area contributed by atoms with Crippen LogP contribution in [-0.4, -0.2) is 4.98 Å². The van der Waals surface area contributed by atoms with Crippen LogP contribution < -0.4 is 5.73 Å². The van der Waals surface area contributed by atoms with Gasteiger partial charge in [-0.25, -0.2) is 0 Å². The highest BCUT2D eigenvalue weighted by atomic mass is 35.5. The van der Waals surface area contributed by atoms with E-state index in [2.05, 4.69) is 4.98 Å². The first-order valence-corrected chi connectivity index (χ1v) is 6.43. The van der Waals surface area contributed by atoms with Crippen molar-refractivity contribution < 1.29 is 0 Å². The molecule has 0 spiro atoms. The molecule has 2 N–H and O–H groups in total. The van der Waals surface area contributed by atoms with Gasteiger partial charge in [-0.15, -0.1) is 0 Å². The molecule has 1 atom stereocenters.